The van der Waals surface area contributed by atoms with Crippen molar-refractivity contribution in [2.45, 2.75) is 12.8 Å². The number of aromatic nitrogens is 2. The SMILES string of the molecule is Fc1cccc(-c2nn(-c3ccc(OC(F)(F)F)cc3)c3c2CCN3)c1. The number of halogens is 4. The van der Waals surface area contributed by atoms with Crippen LogP contribution in [-0.4, -0.2) is 22.7 Å². The minimum Gasteiger partial charge on any atom is -0.406 e. The Bertz CT molecular complexity index is 948. The third-order valence-electron chi connectivity index (χ3n) is 4.06. The van der Waals surface area contributed by atoms with Crippen LogP contribution in [0.4, 0.5) is 23.4 Å². The molecule has 1 aliphatic rings. The normalized spacial score (nSPS) is 13.4. The van der Waals surface area contributed by atoms with Gasteiger partial charge in [0.05, 0.1) is 11.4 Å². The summed E-state index contributed by atoms with van der Waals surface area (Å²) in [7, 11) is 0. The summed E-state index contributed by atoms with van der Waals surface area (Å²) >= 11 is 0. The van der Waals surface area contributed by atoms with E-state index in [0.29, 0.717) is 23.5 Å². The molecule has 0 radical (unpaired) electrons. The van der Waals surface area contributed by atoms with Gasteiger partial charge in [-0.05, 0) is 42.8 Å². The molecule has 1 N–H and O–H groups in total. The third kappa shape index (κ3) is 3.10. The lowest BCUT2D eigenvalue weighted by molar-refractivity contribution is -0.274. The largest absolute Gasteiger partial charge is 0.573 e. The summed E-state index contributed by atoms with van der Waals surface area (Å²) in [6, 6.07) is 11.6. The molecule has 2 aromatic carbocycles. The number of anilines is 1. The molecular weight excluding hydrogens is 350 g/mol. The monoisotopic (exact) mass is 363 g/mol. The van der Waals surface area contributed by atoms with Gasteiger partial charge in [-0.25, -0.2) is 9.07 Å². The number of hydrogen-bond donors (Lipinski definition) is 1. The summed E-state index contributed by atoms with van der Waals surface area (Å²) in [5.41, 5.74) is 2.83. The highest BCUT2D eigenvalue weighted by molar-refractivity contribution is 5.72. The maximum absolute atomic E-state index is 13.6. The van der Waals surface area contributed by atoms with Crippen LogP contribution in [0.25, 0.3) is 16.9 Å². The molecule has 2 heterocycles. The molecule has 0 atom stereocenters. The maximum atomic E-state index is 13.6. The molecule has 1 aromatic heterocycles. The molecule has 1 aliphatic heterocycles. The molecule has 0 amide bonds. The van der Waals surface area contributed by atoms with Gasteiger partial charge in [0.2, 0.25) is 0 Å². The quantitative estimate of drug-likeness (QED) is 0.694. The molecule has 3 aromatic rings. The molecule has 26 heavy (non-hydrogen) atoms. The van der Waals surface area contributed by atoms with Crippen molar-refractivity contribution in [2.24, 2.45) is 0 Å². The van der Waals surface area contributed by atoms with Gasteiger partial charge < -0.3 is 10.1 Å². The van der Waals surface area contributed by atoms with E-state index in [1.165, 1.54) is 36.4 Å². The minimum atomic E-state index is -4.74. The Morgan fingerprint density at radius 3 is 2.54 bits per heavy atom. The zero-order chi connectivity index (χ0) is 18.3. The van der Waals surface area contributed by atoms with Crippen LogP contribution in [0.1, 0.15) is 5.56 Å². The lowest BCUT2D eigenvalue weighted by Gasteiger charge is -2.10. The van der Waals surface area contributed by atoms with Crippen molar-refractivity contribution in [3.63, 3.8) is 0 Å². The van der Waals surface area contributed by atoms with Gasteiger partial charge in [-0.3, -0.25) is 0 Å². The van der Waals surface area contributed by atoms with E-state index in [4.69, 9.17) is 0 Å². The van der Waals surface area contributed by atoms with Crippen molar-refractivity contribution in [1.82, 2.24) is 9.78 Å². The fraction of sp³-hybridized carbons (Fsp3) is 0.167. The summed E-state index contributed by atoms with van der Waals surface area (Å²) in [5.74, 6) is 0.0996. The van der Waals surface area contributed by atoms with E-state index in [2.05, 4.69) is 15.2 Å². The summed E-state index contributed by atoms with van der Waals surface area (Å²) in [5, 5.41) is 7.76. The molecule has 0 aliphatic carbocycles. The highest BCUT2D eigenvalue weighted by atomic mass is 19.4. The first-order chi connectivity index (χ1) is 12.4. The Kier molecular flexibility index (Phi) is 3.82. The highest BCUT2D eigenvalue weighted by Crippen LogP contribution is 2.35. The Balaban J connectivity index is 1.73. The van der Waals surface area contributed by atoms with Crippen LogP contribution in [-0.2, 0) is 6.42 Å². The lowest BCUT2D eigenvalue weighted by atomic mass is 10.1. The van der Waals surface area contributed by atoms with Crippen molar-refractivity contribution in [3.8, 4) is 22.7 Å². The van der Waals surface area contributed by atoms with Crippen molar-refractivity contribution in [3.05, 3.63) is 59.9 Å². The Labute approximate surface area is 146 Å². The molecule has 0 bridgehead atoms. The standard InChI is InChI=1S/C18H13F4N3O/c19-12-3-1-2-11(10-12)16-15-8-9-23-17(15)25(24-16)13-4-6-14(7-5-13)26-18(20,21)22/h1-7,10,23H,8-9H2. The predicted molar refractivity (Wildman–Crippen MR) is 87.8 cm³/mol. The summed E-state index contributed by atoms with van der Waals surface area (Å²) in [6.45, 7) is 0.713. The summed E-state index contributed by atoms with van der Waals surface area (Å²) in [6.07, 6.45) is -4.00. The van der Waals surface area contributed by atoms with Crippen LogP contribution in [0, 0.1) is 5.82 Å². The summed E-state index contributed by atoms with van der Waals surface area (Å²) < 4.78 is 55.9. The van der Waals surface area contributed by atoms with E-state index in [9.17, 15) is 17.6 Å². The van der Waals surface area contributed by atoms with Crippen molar-refractivity contribution >= 4 is 5.82 Å². The van der Waals surface area contributed by atoms with Crippen LogP contribution < -0.4 is 10.1 Å². The first kappa shape index (κ1) is 16.4. The topological polar surface area (TPSA) is 39.1 Å². The molecule has 0 fully saturated rings. The molecular formula is C18H13F4N3O. The Morgan fingerprint density at radius 2 is 1.85 bits per heavy atom. The second-order valence-corrected chi connectivity index (χ2v) is 5.82. The fourth-order valence-electron chi connectivity index (χ4n) is 3.02. The first-order valence-corrected chi connectivity index (χ1v) is 7.88. The number of nitrogens with zero attached hydrogens (tertiary/aromatic N) is 2. The summed E-state index contributed by atoms with van der Waals surface area (Å²) in [4.78, 5) is 0. The molecule has 134 valence electrons. The van der Waals surface area contributed by atoms with E-state index >= 15 is 0 Å². The molecule has 8 heteroatoms. The second kappa shape index (κ2) is 6.05. The average Bonchev–Trinajstić information content (AvgIpc) is 3.16. The van der Waals surface area contributed by atoms with E-state index < -0.39 is 6.36 Å². The number of ether oxygens (including phenoxy) is 1. The average molecular weight is 363 g/mol. The maximum Gasteiger partial charge on any atom is 0.573 e. The molecule has 0 saturated carbocycles. The minimum absolute atomic E-state index is 0.302. The smallest absolute Gasteiger partial charge is 0.406 e. The van der Waals surface area contributed by atoms with Crippen LogP contribution in [0.15, 0.2) is 48.5 Å². The van der Waals surface area contributed by atoms with Gasteiger partial charge in [0.1, 0.15) is 17.4 Å². The van der Waals surface area contributed by atoms with E-state index in [-0.39, 0.29) is 11.6 Å². The van der Waals surface area contributed by atoms with Gasteiger partial charge in [-0.15, -0.1) is 13.2 Å². The molecule has 4 rings (SSSR count). The van der Waals surface area contributed by atoms with Crippen LogP contribution in [0.3, 0.4) is 0 Å². The second-order valence-electron chi connectivity index (χ2n) is 5.82. The van der Waals surface area contributed by atoms with Gasteiger partial charge in [-0.2, -0.15) is 5.10 Å². The van der Waals surface area contributed by atoms with E-state index in [1.807, 2.05) is 0 Å². The number of rotatable bonds is 3. The highest BCUT2D eigenvalue weighted by Gasteiger charge is 2.31. The zero-order valence-corrected chi connectivity index (χ0v) is 13.3. The predicted octanol–water partition coefficient (Wildman–Crippen LogP) is 4.55. The number of nitrogens with one attached hydrogen (secondary N) is 1. The number of fused-ring (bicyclic) bond motifs is 1. The van der Waals surface area contributed by atoms with Gasteiger partial charge >= 0.3 is 6.36 Å². The number of hydrogen-bond acceptors (Lipinski definition) is 3. The van der Waals surface area contributed by atoms with Gasteiger partial charge in [0, 0.05) is 17.7 Å². The van der Waals surface area contributed by atoms with Gasteiger partial charge in [0.25, 0.3) is 0 Å². The molecule has 0 unspecified atom stereocenters. The van der Waals surface area contributed by atoms with Crippen molar-refractivity contribution in [1.29, 1.82) is 0 Å². The van der Waals surface area contributed by atoms with E-state index in [0.717, 1.165) is 17.8 Å². The van der Waals surface area contributed by atoms with Crippen LogP contribution >= 0.6 is 0 Å². The third-order valence-corrected chi connectivity index (χ3v) is 4.06. The van der Waals surface area contributed by atoms with E-state index in [1.54, 1.807) is 16.8 Å². The number of alkyl halides is 3. The Morgan fingerprint density at radius 1 is 1.08 bits per heavy atom. The number of benzene rings is 2. The zero-order valence-electron chi connectivity index (χ0n) is 13.3. The van der Waals surface area contributed by atoms with Crippen LogP contribution in [0.2, 0.25) is 0 Å². The first-order valence-electron chi connectivity index (χ1n) is 7.88. The van der Waals surface area contributed by atoms with Gasteiger partial charge in [-0.1, -0.05) is 12.1 Å². The van der Waals surface area contributed by atoms with Crippen molar-refractivity contribution in [2.75, 3.05) is 11.9 Å². The molecule has 0 spiro atoms. The van der Waals surface area contributed by atoms with Crippen LogP contribution in [0.5, 0.6) is 5.75 Å². The lowest BCUT2D eigenvalue weighted by Crippen LogP contribution is -2.17. The molecule has 0 saturated heterocycles. The Hall–Kier alpha value is -3.03. The van der Waals surface area contributed by atoms with Crippen molar-refractivity contribution < 1.29 is 22.3 Å². The molecule has 4 nitrogen and oxygen atoms in total. The fourth-order valence-corrected chi connectivity index (χ4v) is 3.02. The van der Waals surface area contributed by atoms with Gasteiger partial charge in [0.15, 0.2) is 0 Å².